The Labute approximate surface area is 112 Å². The summed E-state index contributed by atoms with van der Waals surface area (Å²) in [5.41, 5.74) is 0.0732. The van der Waals surface area contributed by atoms with Crippen LogP contribution < -0.4 is 0 Å². The summed E-state index contributed by atoms with van der Waals surface area (Å²) in [6.45, 7) is 2.06. The molecular weight excluding hydrogens is 272 g/mol. The second-order valence-corrected chi connectivity index (χ2v) is 10.1. The number of rotatable bonds is 10. The Morgan fingerprint density at radius 1 is 0.722 bits per heavy atom. The minimum Gasteiger partial charge on any atom is -0.377 e. The first-order valence-electron chi connectivity index (χ1n) is 5.84. The van der Waals surface area contributed by atoms with Gasteiger partial charge in [-0.25, -0.2) is 0 Å². The van der Waals surface area contributed by atoms with Crippen molar-refractivity contribution in [1.82, 2.24) is 0 Å². The number of hydrogen-bond acceptors (Lipinski definition) is 6. The van der Waals surface area contributed by atoms with Gasteiger partial charge in [-0.2, -0.15) is 0 Å². The predicted octanol–water partition coefficient (Wildman–Crippen LogP) is 1.52. The first-order valence-corrected chi connectivity index (χ1v) is 9.57. The Hall–Kier alpha value is 0.194. The molecule has 0 aliphatic rings. The summed E-state index contributed by atoms with van der Waals surface area (Å²) in [6.07, 6.45) is 0.840. The summed E-state index contributed by atoms with van der Waals surface area (Å²) < 4.78 is 32.9. The molecule has 0 fully saturated rings. The molecule has 18 heavy (non-hydrogen) atoms. The molecule has 1 atom stereocenters. The molecule has 0 amide bonds. The van der Waals surface area contributed by atoms with Crippen LogP contribution in [0.15, 0.2) is 0 Å². The van der Waals surface area contributed by atoms with Crippen molar-refractivity contribution < 1.29 is 26.6 Å². The van der Waals surface area contributed by atoms with Crippen LogP contribution in [0.2, 0.25) is 11.6 Å². The molecule has 0 N–H and O–H groups in total. The van der Waals surface area contributed by atoms with E-state index < -0.39 is 17.6 Å². The van der Waals surface area contributed by atoms with Crippen LogP contribution in [0.25, 0.3) is 0 Å². The highest BCUT2D eigenvalue weighted by Crippen LogP contribution is 2.35. The van der Waals surface area contributed by atoms with Crippen molar-refractivity contribution in [2.45, 2.75) is 24.9 Å². The lowest BCUT2D eigenvalue weighted by Gasteiger charge is -2.35. The molecule has 0 saturated carbocycles. The molecule has 0 aromatic carbocycles. The highest BCUT2D eigenvalue weighted by atomic mass is 28.4. The summed E-state index contributed by atoms with van der Waals surface area (Å²) in [7, 11) is 4.25. The fourth-order valence-electron chi connectivity index (χ4n) is 2.07. The maximum absolute atomic E-state index is 5.52. The molecular formula is C10H26O6Si2. The van der Waals surface area contributed by atoms with Crippen LogP contribution in [0.5, 0.6) is 0 Å². The third-order valence-electron chi connectivity index (χ3n) is 3.28. The van der Waals surface area contributed by atoms with Crippen LogP contribution >= 0.6 is 0 Å². The molecule has 0 spiro atoms. The lowest BCUT2D eigenvalue weighted by atomic mass is 10.4. The lowest BCUT2D eigenvalue weighted by Crippen LogP contribution is -2.53. The van der Waals surface area contributed by atoms with Crippen molar-refractivity contribution >= 4 is 17.6 Å². The van der Waals surface area contributed by atoms with E-state index in [1.807, 2.05) is 0 Å². The van der Waals surface area contributed by atoms with Crippen molar-refractivity contribution in [3.8, 4) is 0 Å². The van der Waals surface area contributed by atoms with Gasteiger partial charge in [0.2, 0.25) is 0 Å². The fraction of sp³-hybridized carbons (Fsp3) is 1.00. The smallest absolute Gasteiger partial charge is 0.377 e. The highest BCUT2D eigenvalue weighted by Gasteiger charge is 2.53. The van der Waals surface area contributed by atoms with Crippen LogP contribution in [-0.2, 0) is 26.6 Å². The van der Waals surface area contributed by atoms with Gasteiger partial charge < -0.3 is 26.6 Å². The van der Waals surface area contributed by atoms with E-state index in [-0.39, 0.29) is 5.54 Å². The van der Waals surface area contributed by atoms with Gasteiger partial charge in [0.25, 0.3) is 0 Å². The maximum atomic E-state index is 5.52. The SMILES string of the molecule is CCC(C[Si](OC)(OC)OC)[Si](OC)(OC)OC. The molecule has 110 valence electrons. The minimum atomic E-state index is -2.71. The molecule has 1 unspecified atom stereocenters. The van der Waals surface area contributed by atoms with E-state index in [0.717, 1.165) is 6.42 Å². The average Bonchev–Trinajstić information content (AvgIpc) is 2.45. The highest BCUT2D eigenvalue weighted by molar-refractivity contribution is 6.67. The normalized spacial score (nSPS) is 14.8. The first kappa shape index (κ1) is 18.2. The zero-order valence-corrected chi connectivity index (χ0v) is 14.4. The van der Waals surface area contributed by atoms with Crippen molar-refractivity contribution in [3.05, 3.63) is 0 Å². The predicted molar refractivity (Wildman–Crippen MR) is 72.4 cm³/mol. The van der Waals surface area contributed by atoms with Gasteiger partial charge in [0.1, 0.15) is 0 Å². The van der Waals surface area contributed by atoms with Gasteiger partial charge in [-0.1, -0.05) is 6.92 Å². The Balaban J connectivity index is 5.07. The standard InChI is InChI=1S/C10H26O6Si2/c1-8-10(18(14-5,15-6)16-7)9-17(11-2,12-3)13-4/h10H,8-9H2,1-7H3. The summed E-state index contributed by atoms with van der Waals surface area (Å²) in [5, 5.41) is 0. The van der Waals surface area contributed by atoms with Crippen LogP contribution in [0.3, 0.4) is 0 Å². The lowest BCUT2D eigenvalue weighted by molar-refractivity contribution is 0.0968. The summed E-state index contributed by atoms with van der Waals surface area (Å²) >= 11 is 0. The monoisotopic (exact) mass is 298 g/mol. The molecule has 0 aromatic heterocycles. The van der Waals surface area contributed by atoms with E-state index in [4.69, 9.17) is 26.6 Å². The zero-order chi connectivity index (χ0) is 14.2. The van der Waals surface area contributed by atoms with E-state index in [9.17, 15) is 0 Å². The van der Waals surface area contributed by atoms with Crippen molar-refractivity contribution in [3.63, 3.8) is 0 Å². The topological polar surface area (TPSA) is 55.4 Å². The van der Waals surface area contributed by atoms with Crippen LogP contribution in [0.4, 0.5) is 0 Å². The maximum Gasteiger partial charge on any atom is 0.503 e. The summed E-state index contributed by atoms with van der Waals surface area (Å²) in [5.74, 6) is 0. The Kier molecular flexibility index (Phi) is 8.47. The quantitative estimate of drug-likeness (QED) is 0.570. The van der Waals surface area contributed by atoms with E-state index in [2.05, 4.69) is 6.92 Å². The second-order valence-electron chi connectivity index (χ2n) is 3.82. The summed E-state index contributed by atoms with van der Waals surface area (Å²) in [4.78, 5) is 0. The minimum absolute atomic E-state index is 0.0732. The first-order chi connectivity index (χ1) is 8.53. The summed E-state index contributed by atoms with van der Waals surface area (Å²) in [6, 6.07) is 0.606. The van der Waals surface area contributed by atoms with Crippen molar-refractivity contribution in [2.75, 3.05) is 42.7 Å². The Bertz CT molecular complexity index is 204. The average molecular weight is 298 g/mol. The molecule has 0 aliphatic carbocycles. The number of hydrogen-bond donors (Lipinski definition) is 0. The van der Waals surface area contributed by atoms with Crippen LogP contribution in [0, 0.1) is 0 Å². The van der Waals surface area contributed by atoms with Gasteiger partial charge in [0.15, 0.2) is 0 Å². The van der Waals surface area contributed by atoms with Gasteiger partial charge in [0.05, 0.1) is 0 Å². The molecule has 6 nitrogen and oxygen atoms in total. The Morgan fingerprint density at radius 3 is 1.33 bits per heavy atom. The largest absolute Gasteiger partial charge is 0.503 e. The molecule has 0 radical (unpaired) electrons. The van der Waals surface area contributed by atoms with E-state index >= 15 is 0 Å². The molecule has 0 rings (SSSR count). The molecule has 0 bridgehead atoms. The van der Waals surface area contributed by atoms with Crippen molar-refractivity contribution in [2.24, 2.45) is 0 Å². The van der Waals surface area contributed by atoms with E-state index in [1.54, 1.807) is 42.7 Å². The molecule has 0 aliphatic heterocycles. The van der Waals surface area contributed by atoms with Gasteiger partial charge in [-0.3, -0.25) is 0 Å². The van der Waals surface area contributed by atoms with Crippen molar-refractivity contribution in [1.29, 1.82) is 0 Å². The zero-order valence-electron chi connectivity index (χ0n) is 12.4. The van der Waals surface area contributed by atoms with Gasteiger partial charge in [0, 0.05) is 54.2 Å². The fourth-order valence-corrected chi connectivity index (χ4v) is 7.71. The molecule has 0 saturated heterocycles. The van der Waals surface area contributed by atoms with Gasteiger partial charge >= 0.3 is 17.6 Å². The van der Waals surface area contributed by atoms with E-state index in [1.165, 1.54) is 0 Å². The molecule has 0 heterocycles. The van der Waals surface area contributed by atoms with Gasteiger partial charge in [-0.15, -0.1) is 0 Å². The van der Waals surface area contributed by atoms with Crippen LogP contribution in [-0.4, -0.2) is 60.3 Å². The molecule has 0 aromatic rings. The van der Waals surface area contributed by atoms with Gasteiger partial charge in [-0.05, 0) is 6.42 Å². The van der Waals surface area contributed by atoms with Crippen LogP contribution in [0.1, 0.15) is 13.3 Å². The second kappa shape index (κ2) is 8.38. The molecule has 8 heteroatoms. The third-order valence-corrected chi connectivity index (χ3v) is 9.86. The third kappa shape index (κ3) is 3.84. The van der Waals surface area contributed by atoms with E-state index in [0.29, 0.717) is 6.04 Å². The Morgan fingerprint density at radius 2 is 1.11 bits per heavy atom.